The van der Waals surface area contributed by atoms with E-state index in [0.29, 0.717) is 5.56 Å². The van der Waals surface area contributed by atoms with Crippen molar-refractivity contribution in [1.29, 1.82) is 0 Å². The van der Waals surface area contributed by atoms with Crippen LogP contribution in [0.15, 0.2) is 24.5 Å². The molecule has 0 spiro atoms. The van der Waals surface area contributed by atoms with E-state index in [1.165, 1.54) is 6.20 Å². The molecule has 0 bridgehead atoms. The van der Waals surface area contributed by atoms with Gasteiger partial charge in [0.15, 0.2) is 0 Å². The number of nitrogens with two attached hydrogens (primary N) is 1. The Balaban J connectivity index is -0.000000810. The van der Waals surface area contributed by atoms with Crippen molar-refractivity contribution < 1.29 is 9.90 Å². The van der Waals surface area contributed by atoms with Crippen LogP contribution < -0.4 is 5.73 Å². The maximum absolute atomic E-state index is 12.0. The zero-order valence-corrected chi connectivity index (χ0v) is 13.6. The number of aliphatic hydroxyl groups is 1. The zero-order valence-electron chi connectivity index (χ0n) is 10.9. The van der Waals surface area contributed by atoms with Gasteiger partial charge in [0.1, 0.15) is 12.1 Å². The van der Waals surface area contributed by atoms with Crippen molar-refractivity contribution in [3.05, 3.63) is 30.1 Å². The Kier molecular flexibility index (Phi) is 14.6. The molecule has 0 radical (unpaired) electrons. The number of carbonyl (C=O) groups is 1. The Bertz CT molecular complexity index is 392. The van der Waals surface area contributed by atoms with Crippen molar-refractivity contribution in [2.75, 3.05) is 13.1 Å². The fourth-order valence-electron chi connectivity index (χ4n) is 2.04. The molecule has 1 fully saturated rings. The summed E-state index contributed by atoms with van der Waals surface area (Å²) >= 11 is 0. The average molecular weight is 358 g/mol. The number of rotatable bonds is 3. The fraction of sp³-hybridized carbons (Fsp3) is 0.538. The monoisotopic (exact) mass is 357 g/mol. The van der Waals surface area contributed by atoms with E-state index in [2.05, 4.69) is 4.98 Å². The van der Waals surface area contributed by atoms with Gasteiger partial charge in [-0.05, 0) is 18.9 Å². The van der Waals surface area contributed by atoms with Crippen LogP contribution >= 0.6 is 38.3 Å². The highest BCUT2D eigenvalue weighted by Crippen LogP contribution is 2.17. The molecule has 1 aliphatic heterocycles. The van der Waals surface area contributed by atoms with Gasteiger partial charge in [0.2, 0.25) is 5.91 Å². The number of amides is 1. The van der Waals surface area contributed by atoms with Gasteiger partial charge in [0.05, 0.1) is 0 Å². The first-order valence-electron chi connectivity index (χ1n) is 5.82. The van der Waals surface area contributed by atoms with Crippen LogP contribution in [0.3, 0.4) is 0 Å². The molecule has 0 saturated carbocycles. The van der Waals surface area contributed by atoms with E-state index in [9.17, 15) is 9.90 Å². The van der Waals surface area contributed by atoms with E-state index in [1.807, 2.05) is 0 Å². The van der Waals surface area contributed by atoms with Crippen molar-refractivity contribution in [3.8, 4) is 0 Å². The highest BCUT2D eigenvalue weighted by atomic mass is 35.5. The Morgan fingerprint density at radius 1 is 1.33 bits per heavy atom. The van der Waals surface area contributed by atoms with E-state index >= 15 is 0 Å². The first-order valence-corrected chi connectivity index (χ1v) is 5.82. The van der Waals surface area contributed by atoms with Gasteiger partial charge in [-0.15, -0.1) is 24.8 Å². The number of carbonyl (C=O) groups excluding carboxylic acids is 1. The summed E-state index contributed by atoms with van der Waals surface area (Å²) in [6.45, 7) is 1.48. The van der Waals surface area contributed by atoms with Crippen LogP contribution in [0.25, 0.3) is 0 Å². The molecule has 5 nitrogen and oxygen atoms in total. The molecule has 8 heteroatoms. The number of aromatic nitrogens is 1. The standard InChI is InChI=1S/C12H17N3O2.CH4.2ClH.H2S/c13-10(12(17)15-6-1-2-7-15)11(16)9-4-3-5-14-8-9;;;;/h3-5,8,10-11,16H,1-2,6-7,13H2;1H4;2*1H;1H2/t10-,11+;;;;/m0..../s1. The summed E-state index contributed by atoms with van der Waals surface area (Å²) in [4.78, 5) is 17.6. The summed E-state index contributed by atoms with van der Waals surface area (Å²) in [5, 5.41) is 10.0. The molecule has 124 valence electrons. The second kappa shape index (κ2) is 12.1. The van der Waals surface area contributed by atoms with E-state index in [0.717, 1.165) is 25.9 Å². The number of nitrogens with zero attached hydrogens (tertiary/aromatic N) is 2. The molecule has 1 saturated heterocycles. The highest BCUT2D eigenvalue weighted by molar-refractivity contribution is 7.59. The molecular formula is C13H25Cl2N3O2S. The third-order valence-electron chi connectivity index (χ3n) is 3.07. The second-order valence-electron chi connectivity index (χ2n) is 4.29. The lowest BCUT2D eigenvalue weighted by Crippen LogP contribution is -2.45. The molecule has 0 unspecified atom stereocenters. The summed E-state index contributed by atoms with van der Waals surface area (Å²) in [6, 6.07) is 2.53. The van der Waals surface area contributed by atoms with Crippen LogP contribution in [0, 0.1) is 0 Å². The van der Waals surface area contributed by atoms with Crippen LogP contribution in [0.2, 0.25) is 0 Å². The predicted octanol–water partition coefficient (Wildman–Crippen LogP) is 1.66. The van der Waals surface area contributed by atoms with Crippen molar-refractivity contribution in [1.82, 2.24) is 9.88 Å². The van der Waals surface area contributed by atoms with Gasteiger partial charge in [-0.3, -0.25) is 9.78 Å². The first-order chi connectivity index (χ1) is 8.20. The number of aliphatic hydroxyl groups excluding tert-OH is 1. The largest absolute Gasteiger partial charge is 0.386 e. The minimum absolute atomic E-state index is 0. The molecule has 2 heterocycles. The van der Waals surface area contributed by atoms with Gasteiger partial charge in [-0.2, -0.15) is 13.5 Å². The van der Waals surface area contributed by atoms with E-state index in [1.54, 1.807) is 23.2 Å². The number of hydrogen-bond donors (Lipinski definition) is 2. The van der Waals surface area contributed by atoms with Crippen LogP contribution in [-0.4, -0.2) is 40.0 Å². The minimum atomic E-state index is -0.989. The van der Waals surface area contributed by atoms with Crippen LogP contribution in [0.1, 0.15) is 31.9 Å². The molecule has 1 aromatic rings. The molecule has 0 aliphatic carbocycles. The predicted molar refractivity (Wildman–Crippen MR) is 94.6 cm³/mol. The van der Waals surface area contributed by atoms with Gasteiger partial charge < -0.3 is 15.7 Å². The Hall–Kier alpha value is -0.530. The van der Waals surface area contributed by atoms with Gasteiger partial charge >= 0.3 is 0 Å². The number of halogens is 2. The highest BCUT2D eigenvalue weighted by Gasteiger charge is 2.29. The summed E-state index contributed by atoms with van der Waals surface area (Å²) in [6.07, 6.45) is 4.19. The number of pyridine rings is 1. The van der Waals surface area contributed by atoms with Crippen LogP contribution in [0.4, 0.5) is 0 Å². The molecule has 21 heavy (non-hydrogen) atoms. The van der Waals surface area contributed by atoms with Gasteiger partial charge in [-0.25, -0.2) is 0 Å². The SMILES string of the molecule is C.Cl.Cl.N[C@H](C(=O)N1CCCC1)[C@H](O)c1cccnc1.S. The molecule has 3 N–H and O–H groups in total. The molecule has 2 atom stereocenters. The lowest BCUT2D eigenvalue weighted by molar-refractivity contribution is -0.134. The Morgan fingerprint density at radius 2 is 1.90 bits per heavy atom. The topological polar surface area (TPSA) is 79.5 Å². The normalized spacial score (nSPS) is 15.4. The Morgan fingerprint density at radius 3 is 2.38 bits per heavy atom. The van der Waals surface area contributed by atoms with Crippen LogP contribution in [0.5, 0.6) is 0 Å². The molecular weight excluding hydrogens is 333 g/mol. The summed E-state index contributed by atoms with van der Waals surface area (Å²) < 4.78 is 0. The summed E-state index contributed by atoms with van der Waals surface area (Å²) in [7, 11) is 0. The lowest BCUT2D eigenvalue weighted by atomic mass is 10.0. The van der Waals surface area contributed by atoms with Crippen molar-refractivity contribution in [2.45, 2.75) is 32.4 Å². The van der Waals surface area contributed by atoms with Gasteiger partial charge in [0.25, 0.3) is 0 Å². The van der Waals surface area contributed by atoms with Crippen molar-refractivity contribution >= 4 is 44.2 Å². The van der Waals surface area contributed by atoms with Gasteiger partial charge in [-0.1, -0.05) is 13.5 Å². The fourth-order valence-corrected chi connectivity index (χ4v) is 2.04. The lowest BCUT2D eigenvalue weighted by Gasteiger charge is -2.23. The molecule has 1 aliphatic rings. The third-order valence-corrected chi connectivity index (χ3v) is 3.07. The molecule has 1 aromatic heterocycles. The van der Waals surface area contributed by atoms with Crippen molar-refractivity contribution in [2.24, 2.45) is 5.73 Å². The third kappa shape index (κ3) is 6.40. The molecule has 0 aromatic carbocycles. The average Bonchev–Trinajstić information content (AvgIpc) is 2.91. The molecule has 1 amide bonds. The first kappa shape index (κ1) is 25.4. The van der Waals surface area contributed by atoms with E-state index in [4.69, 9.17) is 5.73 Å². The minimum Gasteiger partial charge on any atom is -0.386 e. The number of likely N-dealkylation sites (tertiary alicyclic amines) is 1. The van der Waals surface area contributed by atoms with E-state index < -0.39 is 12.1 Å². The number of hydrogen-bond acceptors (Lipinski definition) is 4. The summed E-state index contributed by atoms with van der Waals surface area (Å²) in [5.74, 6) is -0.182. The van der Waals surface area contributed by atoms with Crippen molar-refractivity contribution in [3.63, 3.8) is 0 Å². The molecule has 2 rings (SSSR count). The van der Waals surface area contributed by atoms with Gasteiger partial charge in [0, 0.05) is 31.0 Å². The Labute approximate surface area is 145 Å². The zero-order chi connectivity index (χ0) is 12.3. The smallest absolute Gasteiger partial charge is 0.242 e. The van der Waals surface area contributed by atoms with E-state index in [-0.39, 0.29) is 51.6 Å². The maximum atomic E-state index is 12.0. The summed E-state index contributed by atoms with van der Waals surface area (Å²) in [5.41, 5.74) is 6.38. The quantitative estimate of drug-likeness (QED) is 0.861. The van der Waals surface area contributed by atoms with Crippen LogP contribution in [-0.2, 0) is 4.79 Å². The second-order valence-corrected chi connectivity index (χ2v) is 4.29. The maximum Gasteiger partial charge on any atom is 0.242 e.